The van der Waals surface area contributed by atoms with Crippen LogP contribution >= 0.6 is 11.5 Å². The van der Waals surface area contributed by atoms with Crippen molar-refractivity contribution < 1.29 is 9.53 Å². The van der Waals surface area contributed by atoms with Gasteiger partial charge in [0.25, 0.3) is 0 Å². The fourth-order valence-electron chi connectivity index (χ4n) is 4.08. The molecule has 2 aromatic rings. The molecule has 1 amide bonds. The van der Waals surface area contributed by atoms with Crippen LogP contribution in [0, 0.1) is 13.8 Å². The third-order valence-corrected chi connectivity index (χ3v) is 6.07. The van der Waals surface area contributed by atoms with Crippen molar-refractivity contribution in [2.75, 3.05) is 6.61 Å². The van der Waals surface area contributed by atoms with Crippen LogP contribution in [0.2, 0.25) is 0 Å². The second-order valence-electron chi connectivity index (χ2n) is 7.87. The Balaban J connectivity index is 1.81. The first kappa shape index (κ1) is 19.0. The molecular formula is C20H27N3O2S. The summed E-state index contributed by atoms with van der Waals surface area (Å²) in [4.78, 5) is 13.8. The highest BCUT2D eigenvalue weighted by atomic mass is 32.1. The Morgan fingerprint density at radius 1 is 1.31 bits per heavy atom. The zero-order valence-electron chi connectivity index (χ0n) is 16.0. The maximum atomic E-state index is 12.8. The van der Waals surface area contributed by atoms with E-state index in [1.807, 2.05) is 6.92 Å². The highest BCUT2D eigenvalue weighted by Gasteiger charge is 2.44. The number of nitrogens with one attached hydrogen (secondary N) is 1. The van der Waals surface area contributed by atoms with Crippen LogP contribution in [-0.4, -0.2) is 27.7 Å². The molecule has 1 aromatic heterocycles. The van der Waals surface area contributed by atoms with Crippen LogP contribution in [0.1, 0.15) is 54.8 Å². The van der Waals surface area contributed by atoms with Crippen LogP contribution in [-0.2, 0) is 21.5 Å². The number of carbonyl (C=O) groups excluding carboxylic acids is 1. The van der Waals surface area contributed by atoms with Gasteiger partial charge in [-0.15, -0.1) is 5.10 Å². The maximum Gasteiger partial charge on any atom is 0.221 e. The van der Waals surface area contributed by atoms with Gasteiger partial charge in [0.2, 0.25) is 5.91 Å². The highest BCUT2D eigenvalue weighted by molar-refractivity contribution is 7.05. The minimum atomic E-state index is -0.237. The molecule has 1 saturated heterocycles. The number of hydrogen-bond donors (Lipinski definition) is 1. The number of carbonyl (C=O) groups is 1. The molecule has 1 N–H and O–H groups in total. The lowest BCUT2D eigenvalue weighted by atomic mass is 9.66. The topological polar surface area (TPSA) is 64.1 Å². The Morgan fingerprint density at radius 2 is 2.08 bits per heavy atom. The van der Waals surface area contributed by atoms with Crippen molar-refractivity contribution in [1.82, 2.24) is 14.9 Å². The minimum Gasteiger partial charge on any atom is -0.376 e. The zero-order valence-corrected chi connectivity index (χ0v) is 16.8. The molecular weight excluding hydrogens is 346 g/mol. The van der Waals surface area contributed by atoms with Gasteiger partial charge in [-0.3, -0.25) is 4.79 Å². The zero-order chi connectivity index (χ0) is 18.8. The van der Waals surface area contributed by atoms with Crippen molar-refractivity contribution >= 4 is 17.4 Å². The predicted molar refractivity (Wildman–Crippen MR) is 103 cm³/mol. The van der Waals surface area contributed by atoms with Crippen molar-refractivity contribution in [1.29, 1.82) is 0 Å². The molecule has 0 spiro atoms. The predicted octanol–water partition coefficient (Wildman–Crippen LogP) is 3.69. The molecule has 1 fully saturated rings. The van der Waals surface area contributed by atoms with E-state index in [-0.39, 0.29) is 16.9 Å². The minimum absolute atomic E-state index is 0.0683. The summed E-state index contributed by atoms with van der Waals surface area (Å²) in [5, 5.41) is 7.07. The van der Waals surface area contributed by atoms with Crippen LogP contribution in [0.4, 0.5) is 0 Å². The molecule has 140 valence electrons. The molecule has 0 unspecified atom stereocenters. The number of aryl methyl sites for hydroxylation is 2. The van der Waals surface area contributed by atoms with Gasteiger partial charge in [0.1, 0.15) is 0 Å². The van der Waals surface area contributed by atoms with Crippen LogP contribution in [0.5, 0.6) is 0 Å². The standard InChI is InChI=1S/C20H27N3O2S/c1-14-7-5-6-8-16(14)20(9-10-25-19(3,4)13-20)11-18(24)21-12-17-15(2)22-23-26-17/h5-8H,9-13H2,1-4H3,(H,21,24)/t20-/m1/s1. The third-order valence-electron chi connectivity index (χ3n) is 5.24. The van der Waals surface area contributed by atoms with Gasteiger partial charge >= 0.3 is 0 Å². The fourth-order valence-corrected chi connectivity index (χ4v) is 4.65. The SMILES string of the molecule is Cc1ccccc1[C@@]1(CC(=O)NCc2snnc2C)CCOC(C)(C)C1. The lowest BCUT2D eigenvalue weighted by molar-refractivity contribution is -0.126. The Kier molecular flexibility index (Phi) is 5.44. The van der Waals surface area contributed by atoms with Gasteiger partial charge in [0, 0.05) is 18.4 Å². The number of amides is 1. The second kappa shape index (κ2) is 7.45. The summed E-state index contributed by atoms with van der Waals surface area (Å²) in [7, 11) is 0. The lowest BCUT2D eigenvalue weighted by Crippen LogP contribution is -2.46. The molecule has 0 bridgehead atoms. The molecule has 3 rings (SSSR count). The Hall–Kier alpha value is -1.79. The highest BCUT2D eigenvalue weighted by Crippen LogP contribution is 2.45. The maximum absolute atomic E-state index is 12.8. The first-order valence-electron chi connectivity index (χ1n) is 9.06. The van der Waals surface area contributed by atoms with Gasteiger partial charge in [-0.1, -0.05) is 28.8 Å². The summed E-state index contributed by atoms with van der Waals surface area (Å²) in [6.45, 7) is 9.44. The first-order chi connectivity index (χ1) is 12.3. The molecule has 26 heavy (non-hydrogen) atoms. The van der Waals surface area contributed by atoms with Crippen molar-refractivity contribution in [3.05, 3.63) is 46.0 Å². The summed E-state index contributed by atoms with van der Waals surface area (Å²) in [5.74, 6) is 0.0683. The summed E-state index contributed by atoms with van der Waals surface area (Å²) in [6.07, 6.45) is 2.16. The van der Waals surface area contributed by atoms with Gasteiger partial charge in [0.05, 0.1) is 22.7 Å². The van der Waals surface area contributed by atoms with E-state index >= 15 is 0 Å². The van der Waals surface area contributed by atoms with Crippen LogP contribution in [0.15, 0.2) is 24.3 Å². The number of benzene rings is 1. The number of nitrogens with zero attached hydrogens (tertiary/aromatic N) is 2. The Morgan fingerprint density at radius 3 is 2.73 bits per heavy atom. The molecule has 1 aliphatic rings. The van der Waals surface area contributed by atoms with Gasteiger partial charge < -0.3 is 10.1 Å². The van der Waals surface area contributed by atoms with E-state index in [9.17, 15) is 4.79 Å². The van der Waals surface area contributed by atoms with E-state index < -0.39 is 0 Å². The molecule has 6 heteroatoms. The van der Waals surface area contributed by atoms with E-state index in [2.05, 4.69) is 59.9 Å². The average Bonchev–Trinajstić information content (AvgIpc) is 2.97. The Bertz CT molecular complexity index is 787. The number of ether oxygens (including phenoxy) is 1. The van der Waals surface area contributed by atoms with Crippen molar-refractivity contribution in [2.24, 2.45) is 0 Å². The molecule has 1 aliphatic heterocycles. The van der Waals surface area contributed by atoms with E-state index in [0.717, 1.165) is 23.4 Å². The van der Waals surface area contributed by atoms with Crippen LogP contribution < -0.4 is 5.32 Å². The van der Waals surface area contributed by atoms with Gasteiger partial charge in [-0.2, -0.15) is 0 Å². The first-order valence-corrected chi connectivity index (χ1v) is 9.83. The monoisotopic (exact) mass is 373 g/mol. The van der Waals surface area contributed by atoms with E-state index in [1.165, 1.54) is 22.7 Å². The van der Waals surface area contributed by atoms with Crippen LogP contribution in [0.25, 0.3) is 0 Å². The molecule has 5 nitrogen and oxygen atoms in total. The third kappa shape index (κ3) is 4.13. The second-order valence-corrected chi connectivity index (χ2v) is 8.70. The molecule has 0 saturated carbocycles. The smallest absolute Gasteiger partial charge is 0.221 e. The molecule has 0 aliphatic carbocycles. The average molecular weight is 374 g/mol. The van der Waals surface area contributed by atoms with E-state index in [0.29, 0.717) is 19.6 Å². The Labute approximate surface area is 159 Å². The van der Waals surface area contributed by atoms with Gasteiger partial charge in [-0.25, -0.2) is 0 Å². The molecule has 2 heterocycles. The number of aromatic nitrogens is 2. The molecule has 1 aromatic carbocycles. The summed E-state index contributed by atoms with van der Waals surface area (Å²) in [5.41, 5.74) is 2.95. The van der Waals surface area contributed by atoms with Crippen molar-refractivity contribution in [3.8, 4) is 0 Å². The lowest BCUT2D eigenvalue weighted by Gasteiger charge is -2.45. The largest absolute Gasteiger partial charge is 0.376 e. The van der Waals surface area contributed by atoms with E-state index in [1.54, 1.807) is 0 Å². The number of rotatable bonds is 5. The van der Waals surface area contributed by atoms with E-state index in [4.69, 9.17) is 4.74 Å². The van der Waals surface area contributed by atoms with Crippen LogP contribution in [0.3, 0.4) is 0 Å². The number of hydrogen-bond acceptors (Lipinski definition) is 5. The van der Waals surface area contributed by atoms with Crippen molar-refractivity contribution in [3.63, 3.8) is 0 Å². The van der Waals surface area contributed by atoms with Gasteiger partial charge in [0.15, 0.2) is 0 Å². The molecule has 1 atom stereocenters. The van der Waals surface area contributed by atoms with Crippen molar-refractivity contribution in [2.45, 2.75) is 64.5 Å². The fraction of sp³-hybridized carbons (Fsp3) is 0.550. The summed E-state index contributed by atoms with van der Waals surface area (Å²) in [6, 6.07) is 8.42. The summed E-state index contributed by atoms with van der Waals surface area (Å²) >= 11 is 1.34. The normalized spacial score (nSPS) is 22.2. The van der Waals surface area contributed by atoms with Gasteiger partial charge in [-0.05, 0) is 63.2 Å². The molecule has 0 radical (unpaired) electrons. The summed E-state index contributed by atoms with van der Waals surface area (Å²) < 4.78 is 9.88. The quantitative estimate of drug-likeness (QED) is 0.868.